The lowest BCUT2D eigenvalue weighted by Crippen LogP contribution is -2.42. The first-order chi connectivity index (χ1) is 10.7. The molecule has 0 atom stereocenters. The largest absolute Gasteiger partial charge is 0.351 e. The number of fused-ring (bicyclic) bond motifs is 1. The number of rotatable bonds is 4. The van der Waals surface area contributed by atoms with E-state index in [1.165, 1.54) is 11.3 Å². The van der Waals surface area contributed by atoms with Crippen LogP contribution < -0.4 is 15.5 Å². The minimum Gasteiger partial charge on any atom is -0.351 e. The zero-order valence-electron chi connectivity index (χ0n) is 12.1. The Morgan fingerprint density at radius 2 is 2.27 bits per heavy atom. The van der Waals surface area contributed by atoms with Gasteiger partial charge in [-0.1, -0.05) is 19.1 Å². The minimum atomic E-state index is -0.179. The maximum Gasteiger partial charge on any atom is 0.245 e. The second-order valence-electron chi connectivity index (χ2n) is 4.97. The van der Waals surface area contributed by atoms with Crippen LogP contribution in [-0.4, -0.2) is 29.9 Å². The third-order valence-corrected chi connectivity index (χ3v) is 4.15. The Morgan fingerprint density at radius 3 is 3.05 bits per heavy atom. The molecule has 6 nitrogen and oxygen atoms in total. The van der Waals surface area contributed by atoms with E-state index in [9.17, 15) is 9.59 Å². The monoisotopic (exact) mass is 316 g/mol. The van der Waals surface area contributed by atoms with Crippen LogP contribution in [0, 0.1) is 0 Å². The van der Waals surface area contributed by atoms with Crippen molar-refractivity contribution in [3.05, 3.63) is 35.3 Å². The highest BCUT2D eigenvalue weighted by Gasteiger charge is 2.23. The SMILES string of the molecule is CCc1csc(NC(=O)CN2CC(=O)Nc3ccccc32)n1. The third-order valence-electron chi connectivity index (χ3n) is 3.35. The molecule has 0 saturated carbocycles. The van der Waals surface area contributed by atoms with E-state index in [-0.39, 0.29) is 24.9 Å². The molecule has 0 saturated heterocycles. The van der Waals surface area contributed by atoms with Crippen LogP contribution in [0.25, 0.3) is 0 Å². The van der Waals surface area contributed by atoms with E-state index >= 15 is 0 Å². The molecular weight excluding hydrogens is 300 g/mol. The van der Waals surface area contributed by atoms with Crippen molar-refractivity contribution >= 4 is 39.7 Å². The number of nitrogens with one attached hydrogen (secondary N) is 2. The maximum atomic E-state index is 12.2. The topological polar surface area (TPSA) is 74.3 Å². The first-order valence-corrected chi connectivity index (χ1v) is 7.91. The smallest absolute Gasteiger partial charge is 0.245 e. The molecular formula is C15H16N4O2S. The van der Waals surface area contributed by atoms with Gasteiger partial charge in [0, 0.05) is 5.38 Å². The molecule has 2 heterocycles. The van der Waals surface area contributed by atoms with Gasteiger partial charge in [0.25, 0.3) is 0 Å². The Morgan fingerprint density at radius 1 is 1.45 bits per heavy atom. The van der Waals surface area contributed by atoms with Gasteiger partial charge in [0.2, 0.25) is 11.8 Å². The van der Waals surface area contributed by atoms with Crippen LogP contribution in [0.15, 0.2) is 29.6 Å². The predicted molar refractivity (Wildman–Crippen MR) is 87.4 cm³/mol. The molecule has 1 aromatic carbocycles. The van der Waals surface area contributed by atoms with Crippen molar-refractivity contribution in [3.63, 3.8) is 0 Å². The zero-order chi connectivity index (χ0) is 15.5. The fourth-order valence-corrected chi connectivity index (χ4v) is 3.11. The Hall–Kier alpha value is -2.41. The van der Waals surface area contributed by atoms with Crippen LogP contribution in [0.2, 0.25) is 0 Å². The van der Waals surface area contributed by atoms with E-state index in [1.54, 1.807) is 4.90 Å². The van der Waals surface area contributed by atoms with E-state index in [0.29, 0.717) is 5.13 Å². The Labute approximate surface area is 132 Å². The Bertz CT molecular complexity index is 713. The first kappa shape index (κ1) is 14.5. The van der Waals surface area contributed by atoms with Crippen molar-refractivity contribution in [1.29, 1.82) is 0 Å². The molecule has 22 heavy (non-hydrogen) atoms. The quantitative estimate of drug-likeness (QED) is 0.906. The molecule has 7 heteroatoms. The number of nitrogens with zero attached hydrogens (tertiary/aromatic N) is 2. The lowest BCUT2D eigenvalue weighted by Gasteiger charge is -2.30. The molecule has 0 fully saturated rings. The fourth-order valence-electron chi connectivity index (χ4n) is 2.30. The highest BCUT2D eigenvalue weighted by atomic mass is 32.1. The van der Waals surface area contributed by atoms with Gasteiger partial charge in [0.1, 0.15) is 0 Å². The summed E-state index contributed by atoms with van der Waals surface area (Å²) in [5, 5.41) is 8.11. The lowest BCUT2D eigenvalue weighted by atomic mass is 10.2. The number of aryl methyl sites for hydroxylation is 1. The molecule has 0 spiro atoms. The number of aromatic nitrogens is 1. The van der Waals surface area contributed by atoms with E-state index in [0.717, 1.165) is 23.5 Å². The average Bonchev–Trinajstić information content (AvgIpc) is 2.94. The zero-order valence-corrected chi connectivity index (χ0v) is 12.9. The van der Waals surface area contributed by atoms with Crippen LogP contribution in [0.3, 0.4) is 0 Å². The van der Waals surface area contributed by atoms with Crippen LogP contribution in [0.1, 0.15) is 12.6 Å². The van der Waals surface area contributed by atoms with Gasteiger partial charge >= 0.3 is 0 Å². The van der Waals surface area contributed by atoms with Gasteiger partial charge in [-0.25, -0.2) is 4.98 Å². The molecule has 3 rings (SSSR count). The van der Waals surface area contributed by atoms with Crippen molar-refractivity contribution in [3.8, 4) is 0 Å². The molecule has 2 aromatic rings. The normalized spacial score (nSPS) is 13.5. The van der Waals surface area contributed by atoms with Gasteiger partial charge in [0.15, 0.2) is 5.13 Å². The van der Waals surface area contributed by atoms with E-state index in [4.69, 9.17) is 0 Å². The summed E-state index contributed by atoms with van der Waals surface area (Å²) >= 11 is 1.41. The summed E-state index contributed by atoms with van der Waals surface area (Å²) in [5.41, 5.74) is 2.54. The molecule has 0 aliphatic carbocycles. The number of carbonyl (C=O) groups is 2. The highest BCUT2D eigenvalue weighted by Crippen LogP contribution is 2.28. The molecule has 2 N–H and O–H groups in total. The van der Waals surface area contributed by atoms with E-state index in [1.807, 2.05) is 36.6 Å². The number of anilines is 3. The second kappa shape index (κ2) is 6.15. The number of hydrogen-bond acceptors (Lipinski definition) is 5. The molecule has 0 bridgehead atoms. The third kappa shape index (κ3) is 3.09. The van der Waals surface area contributed by atoms with E-state index < -0.39 is 0 Å². The van der Waals surface area contributed by atoms with Crippen molar-refractivity contribution in [2.24, 2.45) is 0 Å². The molecule has 1 aliphatic heterocycles. The molecule has 1 aromatic heterocycles. The molecule has 0 radical (unpaired) electrons. The van der Waals surface area contributed by atoms with Gasteiger partial charge in [-0.15, -0.1) is 11.3 Å². The van der Waals surface area contributed by atoms with Gasteiger partial charge in [-0.3, -0.25) is 9.59 Å². The summed E-state index contributed by atoms with van der Waals surface area (Å²) in [6.07, 6.45) is 0.839. The van der Waals surface area contributed by atoms with Gasteiger partial charge in [0.05, 0.1) is 30.2 Å². The van der Waals surface area contributed by atoms with E-state index in [2.05, 4.69) is 15.6 Å². The summed E-state index contributed by atoms with van der Waals surface area (Å²) in [6.45, 7) is 2.30. The highest BCUT2D eigenvalue weighted by molar-refractivity contribution is 7.13. The van der Waals surface area contributed by atoms with Crippen LogP contribution in [-0.2, 0) is 16.0 Å². The average molecular weight is 316 g/mol. The maximum absolute atomic E-state index is 12.2. The molecule has 0 unspecified atom stereocenters. The number of carbonyl (C=O) groups excluding carboxylic acids is 2. The van der Waals surface area contributed by atoms with Crippen molar-refractivity contribution in [2.45, 2.75) is 13.3 Å². The summed E-state index contributed by atoms with van der Waals surface area (Å²) in [5.74, 6) is -0.296. The predicted octanol–water partition coefficient (Wildman–Crippen LogP) is 2.10. The summed E-state index contributed by atoms with van der Waals surface area (Å²) < 4.78 is 0. The summed E-state index contributed by atoms with van der Waals surface area (Å²) in [6, 6.07) is 7.45. The van der Waals surface area contributed by atoms with Crippen LogP contribution in [0.5, 0.6) is 0 Å². The Kier molecular flexibility index (Phi) is 4.06. The molecule has 114 valence electrons. The minimum absolute atomic E-state index is 0.117. The van der Waals surface area contributed by atoms with Crippen molar-refractivity contribution < 1.29 is 9.59 Å². The number of benzene rings is 1. The van der Waals surface area contributed by atoms with Gasteiger partial charge < -0.3 is 15.5 Å². The first-order valence-electron chi connectivity index (χ1n) is 7.04. The van der Waals surface area contributed by atoms with Gasteiger partial charge in [-0.05, 0) is 18.6 Å². The molecule has 2 amide bonds. The van der Waals surface area contributed by atoms with Crippen LogP contribution >= 0.6 is 11.3 Å². The Balaban J connectivity index is 1.70. The molecule has 1 aliphatic rings. The fraction of sp³-hybridized carbons (Fsp3) is 0.267. The number of para-hydroxylation sites is 2. The van der Waals surface area contributed by atoms with Crippen LogP contribution in [0.4, 0.5) is 16.5 Å². The number of thiazole rings is 1. The second-order valence-corrected chi connectivity index (χ2v) is 5.83. The number of hydrogen-bond donors (Lipinski definition) is 2. The number of amides is 2. The summed E-state index contributed by atoms with van der Waals surface area (Å²) in [7, 11) is 0. The summed E-state index contributed by atoms with van der Waals surface area (Å²) in [4.78, 5) is 30.0. The van der Waals surface area contributed by atoms with Gasteiger partial charge in [-0.2, -0.15) is 0 Å². The standard InChI is InChI=1S/C15H16N4O2S/c1-2-10-9-22-15(16-10)18-14(21)8-19-7-13(20)17-11-5-3-4-6-12(11)19/h3-6,9H,2,7-8H2,1H3,(H,17,20)(H,16,18,21). The van der Waals surface area contributed by atoms with Crippen molar-refractivity contribution in [1.82, 2.24) is 4.98 Å². The van der Waals surface area contributed by atoms with Crippen molar-refractivity contribution in [2.75, 3.05) is 28.6 Å². The lowest BCUT2D eigenvalue weighted by molar-refractivity contribution is -0.115.